The van der Waals surface area contributed by atoms with E-state index in [-0.39, 0.29) is 12.1 Å². The maximum absolute atomic E-state index is 11.6. The van der Waals surface area contributed by atoms with Gasteiger partial charge in [0.15, 0.2) is 0 Å². The molecular formula is C16H26O2. The van der Waals surface area contributed by atoms with Gasteiger partial charge in [-0.2, -0.15) is 0 Å². The van der Waals surface area contributed by atoms with E-state index in [2.05, 4.69) is 0 Å². The topological polar surface area (TPSA) is 26.3 Å². The molecular weight excluding hydrogens is 224 g/mol. The Morgan fingerprint density at radius 3 is 2.39 bits per heavy atom. The number of carbonyl (C=O) groups is 1. The first-order valence-corrected chi connectivity index (χ1v) is 7.64. The third-order valence-electron chi connectivity index (χ3n) is 4.58. The van der Waals surface area contributed by atoms with Crippen molar-refractivity contribution >= 4 is 5.97 Å². The van der Waals surface area contributed by atoms with Crippen LogP contribution < -0.4 is 0 Å². The number of ether oxygens (including phenoxy) is 1. The van der Waals surface area contributed by atoms with Gasteiger partial charge in [0.2, 0.25) is 0 Å². The average Bonchev–Trinajstić information content (AvgIpc) is 2.40. The molecule has 2 aliphatic rings. The van der Waals surface area contributed by atoms with Crippen molar-refractivity contribution in [2.24, 2.45) is 11.8 Å². The van der Waals surface area contributed by atoms with Gasteiger partial charge in [0.1, 0.15) is 6.10 Å². The summed E-state index contributed by atoms with van der Waals surface area (Å²) in [6.07, 6.45) is 15.2. The summed E-state index contributed by atoms with van der Waals surface area (Å²) in [6, 6.07) is 0. The van der Waals surface area contributed by atoms with Crippen molar-refractivity contribution in [3.8, 4) is 0 Å². The normalized spacial score (nSPS) is 30.5. The first-order valence-electron chi connectivity index (χ1n) is 7.64. The highest BCUT2D eigenvalue weighted by Gasteiger charge is 2.34. The highest BCUT2D eigenvalue weighted by Crippen LogP contribution is 2.39. The molecule has 0 N–H and O–H groups in total. The number of hydrogen-bond acceptors (Lipinski definition) is 2. The second kappa shape index (κ2) is 6.96. The summed E-state index contributed by atoms with van der Waals surface area (Å²) in [6.45, 7) is 1.86. The van der Waals surface area contributed by atoms with Gasteiger partial charge in [-0.3, -0.25) is 0 Å². The molecule has 0 aromatic rings. The van der Waals surface area contributed by atoms with E-state index in [1.54, 1.807) is 12.2 Å². The van der Waals surface area contributed by atoms with Crippen LogP contribution in [0.25, 0.3) is 0 Å². The zero-order valence-corrected chi connectivity index (χ0v) is 11.6. The lowest BCUT2D eigenvalue weighted by molar-refractivity contribution is -0.149. The van der Waals surface area contributed by atoms with E-state index >= 15 is 0 Å². The van der Waals surface area contributed by atoms with Crippen molar-refractivity contribution < 1.29 is 9.53 Å². The second-order valence-electron chi connectivity index (χ2n) is 5.82. The molecule has 0 spiro atoms. The van der Waals surface area contributed by atoms with Crippen LogP contribution in [-0.4, -0.2) is 12.1 Å². The van der Waals surface area contributed by atoms with Crippen LogP contribution >= 0.6 is 0 Å². The smallest absolute Gasteiger partial charge is 0.330 e. The highest BCUT2D eigenvalue weighted by atomic mass is 16.5. The van der Waals surface area contributed by atoms with Crippen LogP contribution in [-0.2, 0) is 9.53 Å². The SMILES string of the molecule is C/C=C/C(=O)O[C@H]1CCCC[C@@H]1C1CCCCC1. The summed E-state index contributed by atoms with van der Waals surface area (Å²) >= 11 is 0. The Morgan fingerprint density at radius 2 is 1.67 bits per heavy atom. The fourth-order valence-electron chi connectivity index (χ4n) is 3.70. The van der Waals surface area contributed by atoms with Crippen LogP contribution in [0.4, 0.5) is 0 Å². The van der Waals surface area contributed by atoms with E-state index in [1.165, 1.54) is 51.4 Å². The predicted octanol–water partition coefficient (Wildman–Crippen LogP) is 4.24. The molecule has 0 aliphatic heterocycles. The molecule has 2 nitrogen and oxygen atoms in total. The van der Waals surface area contributed by atoms with Crippen LogP contribution in [0.2, 0.25) is 0 Å². The number of hydrogen-bond donors (Lipinski definition) is 0. The molecule has 0 aromatic heterocycles. The Bertz CT molecular complexity index is 289. The van der Waals surface area contributed by atoms with Crippen molar-refractivity contribution in [3.05, 3.63) is 12.2 Å². The minimum absolute atomic E-state index is 0.148. The quantitative estimate of drug-likeness (QED) is 0.553. The number of carbonyl (C=O) groups excluding carboxylic acids is 1. The van der Waals surface area contributed by atoms with Crippen LogP contribution in [0.15, 0.2) is 12.2 Å². The standard InChI is InChI=1S/C16H26O2/c1-2-8-16(17)18-15-12-7-6-11-14(15)13-9-4-3-5-10-13/h2,8,13-15H,3-7,9-12H2,1H3/b8-2+/t14-,15+/m1/s1. The van der Waals surface area contributed by atoms with Gasteiger partial charge in [-0.1, -0.05) is 44.6 Å². The summed E-state index contributed by atoms with van der Waals surface area (Å²) in [5.74, 6) is 1.29. The molecule has 2 saturated carbocycles. The molecule has 2 atom stereocenters. The van der Waals surface area contributed by atoms with Gasteiger partial charge < -0.3 is 4.74 Å². The van der Waals surface area contributed by atoms with Gasteiger partial charge in [-0.25, -0.2) is 4.79 Å². The molecule has 18 heavy (non-hydrogen) atoms. The monoisotopic (exact) mass is 250 g/mol. The first-order chi connectivity index (χ1) is 8.81. The molecule has 0 unspecified atom stereocenters. The number of allylic oxidation sites excluding steroid dienone is 1. The molecule has 102 valence electrons. The minimum atomic E-state index is -0.148. The zero-order valence-electron chi connectivity index (χ0n) is 11.6. The summed E-state index contributed by atoms with van der Waals surface area (Å²) < 4.78 is 5.67. The molecule has 0 saturated heterocycles. The highest BCUT2D eigenvalue weighted by molar-refractivity contribution is 5.81. The van der Waals surface area contributed by atoms with Crippen LogP contribution in [0.1, 0.15) is 64.7 Å². The number of esters is 1. The molecule has 0 amide bonds. The van der Waals surface area contributed by atoms with Gasteiger partial charge >= 0.3 is 5.97 Å². The minimum Gasteiger partial charge on any atom is -0.459 e. The van der Waals surface area contributed by atoms with Crippen molar-refractivity contribution in [2.75, 3.05) is 0 Å². The third-order valence-corrected chi connectivity index (χ3v) is 4.58. The van der Waals surface area contributed by atoms with Crippen LogP contribution in [0.3, 0.4) is 0 Å². The largest absolute Gasteiger partial charge is 0.459 e. The van der Waals surface area contributed by atoms with E-state index < -0.39 is 0 Å². The van der Waals surface area contributed by atoms with Gasteiger partial charge in [-0.05, 0) is 38.0 Å². The molecule has 0 aromatic carbocycles. The maximum Gasteiger partial charge on any atom is 0.330 e. The van der Waals surface area contributed by atoms with Gasteiger partial charge in [0.25, 0.3) is 0 Å². The van der Waals surface area contributed by atoms with Crippen molar-refractivity contribution in [1.82, 2.24) is 0 Å². The van der Waals surface area contributed by atoms with Crippen molar-refractivity contribution in [3.63, 3.8) is 0 Å². The molecule has 0 bridgehead atoms. The predicted molar refractivity (Wildman–Crippen MR) is 73.2 cm³/mol. The van der Waals surface area contributed by atoms with Crippen LogP contribution in [0.5, 0.6) is 0 Å². The Morgan fingerprint density at radius 1 is 1.00 bits per heavy atom. The molecule has 2 heteroatoms. The lowest BCUT2D eigenvalue weighted by Crippen LogP contribution is -2.35. The lowest BCUT2D eigenvalue weighted by atomic mass is 9.72. The molecule has 0 radical (unpaired) electrons. The van der Waals surface area contributed by atoms with Gasteiger partial charge in [0.05, 0.1) is 0 Å². The maximum atomic E-state index is 11.6. The van der Waals surface area contributed by atoms with Crippen molar-refractivity contribution in [2.45, 2.75) is 70.8 Å². The molecule has 0 heterocycles. The van der Waals surface area contributed by atoms with E-state index in [9.17, 15) is 4.79 Å². The van der Waals surface area contributed by atoms with E-state index in [0.717, 1.165) is 12.3 Å². The molecule has 2 aliphatic carbocycles. The summed E-state index contributed by atoms with van der Waals surface area (Å²) in [4.78, 5) is 11.6. The van der Waals surface area contributed by atoms with Crippen molar-refractivity contribution in [1.29, 1.82) is 0 Å². The summed E-state index contributed by atoms with van der Waals surface area (Å²) in [7, 11) is 0. The fourth-order valence-corrected chi connectivity index (χ4v) is 3.70. The Labute approximate surface area is 111 Å². The average molecular weight is 250 g/mol. The lowest BCUT2D eigenvalue weighted by Gasteiger charge is -2.38. The Kier molecular flexibility index (Phi) is 5.27. The summed E-state index contributed by atoms with van der Waals surface area (Å²) in [5.41, 5.74) is 0. The van der Waals surface area contributed by atoms with E-state index in [0.29, 0.717) is 5.92 Å². The van der Waals surface area contributed by atoms with E-state index in [4.69, 9.17) is 4.74 Å². The second-order valence-corrected chi connectivity index (χ2v) is 5.82. The summed E-state index contributed by atoms with van der Waals surface area (Å²) in [5, 5.41) is 0. The van der Waals surface area contributed by atoms with Gasteiger partial charge in [-0.15, -0.1) is 0 Å². The van der Waals surface area contributed by atoms with Gasteiger partial charge in [0, 0.05) is 6.08 Å². The first kappa shape index (κ1) is 13.6. The fraction of sp³-hybridized carbons (Fsp3) is 0.812. The third kappa shape index (κ3) is 3.60. The Hall–Kier alpha value is -0.790. The number of rotatable bonds is 3. The van der Waals surface area contributed by atoms with Crippen LogP contribution in [0, 0.1) is 11.8 Å². The molecule has 2 fully saturated rings. The Balaban J connectivity index is 1.94. The molecule has 2 rings (SSSR count). The zero-order chi connectivity index (χ0) is 12.8. The van der Waals surface area contributed by atoms with E-state index in [1.807, 2.05) is 6.92 Å².